The summed E-state index contributed by atoms with van der Waals surface area (Å²) in [5, 5.41) is 0. The molecule has 0 N–H and O–H groups in total. The Balaban J connectivity index is 1.06. The van der Waals surface area contributed by atoms with Gasteiger partial charge in [0.05, 0.1) is 11.4 Å². The van der Waals surface area contributed by atoms with E-state index in [-0.39, 0.29) is 17.9 Å². The van der Waals surface area contributed by atoms with Gasteiger partial charge in [-0.3, -0.25) is 9.97 Å². The minimum atomic E-state index is 0.138. The number of anilines is 2. The average Bonchev–Trinajstić information content (AvgIpc) is 2.84. The molecule has 34 heavy (non-hydrogen) atoms. The fourth-order valence-corrected chi connectivity index (χ4v) is 5.77. The molecule has 0 unspecified atom stereocenters. The molecular formula is C25H34N8O. The molecule has 0 saturated carbocycles. The Morgan fingerprint density at radius 1 is 0.588 bits per heavy atom. The van der Waals surface area contributed by atoms with Crippen LogP contribution < -0.4 is 9.80 Å². The van der Waals surface area contributed by atoms with E-state index in [1.807, 2.05) is 9.80 Å². The lowest BCUT2D eigenvalue weighted by Crippen LogP contribution is -2.59. The Bertz CT molecular complexity index is 928. The Labute approximate surface area is 201 Å². The van der Waals surface area contributed by atoms with Gasteiger partial charge in [-0.2, -0.15) is 0 Å². The van der Waals surface area contributed by atoms with Gasteiger partial charge in [0.1, 0.15) is 0 Å². The first kappa shape index (κ1) is 21.6. The summed E-state index contributed by atoms with van der Waals surface area (Å²) in [7, 11) is 0. The monoisotopic (exact) mass is 462 g/mol. The van der Waals surface area contributed by atoms with Gasteiger partial charge in [-0.25, -0.2) is 14.8 Å². The lowest BCUT2D eigenvalue weighted by molar-refractivity contribution is 0.0835. The molecular weight excluding hydrogens is 428 g/mol. The fourth-order valence-electron chi connectivity index (χ4n) is 5.77. The summed E-state index contributed by atoms with van der Waals surface area (Å²) < 4.78 is 0. The smallest absolute Gasteiger partial charge is 0.320 e. The quantitative estimate of drug-likeness (QED) is 0.691. The number of carbonyl (C=O) groups excluding carboxylic acids is 1. The van der Waals surface area contributed by atoms with Crippen LogP contribution in [-0.4, -0.2) is 88.1 Å². The number of aromatic nitrogens is 4. The van der Waals surface area contributed by atoms with Crippen molar-refractivity contribution in [2.24, 2.45) is 0 Å². The number of likely N-dealkylation sites (tertiary alicyclic amines) is 2. The minimum Gasteiger partial charge on any atom is -0.355 e. The molecule has 0 aromatic carbocycles. The molecule has 180 valence electrons. The SMILES string of the molecule is O=C(N1CC(c2nccnc2N2CCCCC2)C1)N1CC(c2nccnc2N2CCCCC2)C1. The van der Waals surface area contributed by atoms with Gasteiger partial charge in [-0.05, 0) is 38.5 Å². The van der Waals surface area contributed by atoms with Crippen LogP contribution in [0.15, 0.2) is 24.8 Å². The van der Waals surface area contributed by atoms with Gasteiger partial charge in [0.15, 0.2) is 11.6 Å². The van der Waals surface area contributed by atoms with Crippen LogP contribution in [0.4, 0.5) is 16.4 Å². The highest BCUT2D eigenvalue weighted by Crippen LogP contribution is 2.36. The lowest BCUT2D eigenvalue weighted by atomic mass is 9.93. The van der Waals surface area contributed by atoms with Crippen LogP contribution in [0.5, 0.6) is 0 Å². The Morgan fingerprint density at radius 3 is 1.38 bits per heavy atom. The van der Waals surface area contributed by atoms with Crippen molar-refractivity contribution in [1.82, 2.24) is 29.7 Å². The summed E-state index contributed by atoms with van der Waals surface area (Å²) in [4.78, 5) is 40.4. The number of hydrogen-bond acceptors (Lipinski definition) is 7. The Morgan fingerprint density at radius 2 is 0.971 bits per heavy atom. The predicted octanol–water partition coefficient (Wildman–Crippen LogP) is 2.87. The number of piperidine rings is 2. The lowest BCUT2D eigenvalue weighted by Gasteiger charge is -2.47. The Kier molecular flexibility index (Phi) is 5.93. The van der Waals surface area contributed by atoms with Gasteiger partial charge >= 0.3 is 6.03 Å². The highest BCUT2D eigenvalue weighted by molar-refractivity contribution is 5.77. The molecule has 0 spiro atoms. The summed E-state index contributed by atoms with van der Waals surface area (Å²) in [6, 6.07) is 0.138. The second-order valence-corrected chi connectivity index (χ2v) is 10.1. The molecule has 4 aliphatic rings. The van der Waals surface area contributed by atoms with E-state index in [1.165, 1.54) is 38.5 Å². The van der Waals surface area contributed by atoms with Gasteiger partial charge in [-0.1, -0.05) is 0 Å². The van der Waals surface area contributed by atoms with Crippen molar-refractivity contribution in [3.05, 3.63) is 36.2 Å². The normalized spacial score (nSPS) is 21.9. The zero-order valence-electron chi connectivity index (χ0n) is 19.8. The van der Waals surface area contributed by atoms with Crippen LogP contribution in [0.3, 0.4) is 0 Å². The Hall–Kier alpha value is -2.97. The van der Waals surface area contributed by atoms with E-state index >= 15 is 0 Å². The van der Waals surface area contributed by atoms with E-state index in [0.29, 0.717) is 0 Å². The van der Waals surface area contributed by atoms with Crippen molar-refractivity contribution in [3.63, 3.8) is 0 Å². The molecule has 9 heteroatoms. The average molecular weight is 463 g/mol. The number of rotatable bonds is 4. The summed E-state index contributed by atoms with van der Waals surface area (Å²) in [5.41, 5.74) is 2.11. The molecule has 0 atom stereocenters. The molecule has 0 radical (unpaired) electrons. The number of hydrogen-bond donors (Lipinski definition) is 0. The van der Waals surface area contributed by atoms with E-state index < -0.39 is 0 Å². The summed E-state index contributed by atoms with van der Waals surface area (Å²) in [6.45, 7) is 7.12. The highest BCUT2D eigenvalue weighted by Gasteiger charge is 2.42. The summed E-state index contributed by atoms with van der Waals surface area (Å²) in [5.74, 6) is 2.60. The largest absolute Gasteiger partial charge is 0.355 e. The third-order valence-electron chi connectivity index (χ3n) is 7.80. The zero-order valence-corrected chi connectivity index (χ0v) is 19.8. The van der Waals surface area contributed by atoms with Crippen LogP contribution in [0, 0.1) is 0 Å². The fraction of sp³-hybridized carbons (Fsp3) is 0.640. The maximum Gasteiger partial charge on any atom is 0.320 e. The van der Waals surface area contributed by atoms with E-state index in [0.717, 1.165) is 75.4 Å². The van der Waals surface area contributed by atoms with Gasteiger partial charge in [-0.15, -0.1) is 0 Å². The van der Waals surface area contributed by atoms with Crippen LogP contribution in [0.25, 0.3) is 0 Å². The van der Waals surface area contributed by atoms with Crippen molar-refractivity contribution in [2.75, 3.05) is 62.2 Å². The second kappa shape index (κ2) is 9.35. The summed E-state index contributed by atoms with van der Waals surface area (Å²) >= 11 is 0. The first-order valence-corrected chi connectivity index (χ1v) is 12.9. The van der Waals surface area contributed by atoms with Gasteiger partial charge in [0.2, 0.25) is 0 Å². The molecule has 4 aliphatic heterocycles. The van der Waals surface area contributed by atoms with Crippen LogP contribution in [-0.2, 0) is 0 Å². The van der Waals surface area contributed by atoms with E-state index in [2.05, 4.69) is 29.7 Å². The zero-order chi connectivity index (χ0) is 22.9. The van der Waals surface area contributed by atoms with Crippen LogP contribution in [0.1, 0.15) is 61.7 Å². The molecule has 2 aromatic heterocycles. The van der Waals surface area contributed by atoms with Crippen molar-refractivity contribution >= 4 is 17.7 Å². The number of amides is 2. The number of carbonyl (C=O) groups is 1. The van der Waals surface area contributed by atoms with Gasteiger partial charge in [0.25, 0.3) is 0 Å². The molecule has 2 aromatic rings. The standard InChI is InChI=1S/C25H34N8O/c34-25(32-15-19(16-32)21-23(28-9-7-26-21)30-11-3-1-4-12-30)33-17-20(18-33)22-24(29-10-8-27-22)31-13-5-2-6-14-31/h7-10,19-20H,1-6,11-18H2. The van der Waals surface area contributed by atoms with E-state index in [1.54, 1.807) is 24.8 Å². The van der Waals surface area contributed by atoms with Crippen molar-refractivity contribution in [3.8, 4) is 0 Å². The van der Waals surface area contributed by atoms with Crippen molar-refractivity contribution in [2.45, 2.75) is 50.4 Å². The molecule has 9 nitrogen and oxygen atoms in total. The topological polar surface area (TPSA) is 81.6 Å². The molecule has 6 heterocycles. The highest BCUT2D eigenvalue weighted by atomic mass is 16.2. The minimum absolute atomic E-state index is 0.138. The van der Waals surface area contributed by atoms with Crippen molar-refractivity contribution in [1.29, 1.82) is 0 Å². The van der Waals surface area contributed by atoms with E-state index in [4.69, 9.17) is 0 Å². The van der Waals surface area contributed by atoms with Gasteiger partial charge < -0.3 is 19.6 Å². The maximum atomic E-state index is 13.1. The maximum absolute atomic E-state index is 13.1. The number of urea groups is 1. The first-order chi connectivity index (χ1) is 16.8. The predicted molar refractivity (Wildman–Crippen MR) is 130 cm³/mol. The molecule has 0 bridgehead atoms. The molecule has 4 saturated heterocycles. The van der Waals surface area contributed by atoms with Crippen molar-refractivity contribution < 1.29 is 4.79 Å². The van der Waals surface area contributed by atoms with Gasteiger partial charge in [0, 0.05) is 89.0 Å². The molecule has 2 amide bonds. The summed E-state index contributed by atoms with van der Waals surface area (Å²) in [6.07, 6.45) is 14.6. The molecule has 0 aliphatic carbocycles. The third-order valence-corrected chi connectivity index (χ3v) is 7.80. The molecule has 6 rings (SSSR count). The van der Waals surface area contributed by atoms with Crippen LogP contribution >= 0.6 is 0 Å². The second-order valence-electron chi connectivity index (χ2n) is 10.1. The number of nitrogens with zero attached hydrogens (tertiary/aromatic N) is 8. The first-order valence-electron chi connectivity index (χ1n) is 12.9. The van der Waals surface area contributed by atoms with E-state index in [9.17, 15) is 4.79 Å². The van der Waals surface area contributed by atoms with Crippen LogP contribution in [0.2, 0.25) is 0 Å². The molecule has 4 fully saturated rings. The third kappa shape index (κ3) is 4.05.